The van der Waals surface area contributed by atoms with Crippen molar-refractivity contribution in [1.82, 2.24) is 15.5 Å². The number of benzene rings is 2. The van der Waals surface area contributed by atoms with Gasteiger partial charge in [-0.3, -0.25) is 9.89 Å². The van der Waals surface area contributed by atoms with Crippen molar-refractivity contribution in [2.45, 2.75) is 51.1 Å². The van der Waals surface area contributed by atoms with E-state index in [2.05, 4.69) is 71.8 Å². The standard InChI is InChI=1S/C25H36N4O/c1-3-26-24(27-19-25(12-16-30-17-13-25)29-14-6-7-15-29)28-20(2)22-11-10-21-8-4-5-9-23(21)18-22/h4-5,8-11,18,20H,3,6-7,12-17,19H2,1-2H3,(H2,26,27,28). The highest BCUT2D eigenvalue weighted by molar-refractivity contribution is 5.84. The van der Waals surface area contributed by atoms with Gasteiger partial charge >= 0.3 is 0 Å². The zero-order valence-electron chi connectivity index (χ0n) is 18.5. The predicted octanol–water partition coefficient (Wildman–Crippen LogP) is 4.10. The van der Waals surface area contributed by atoms with Crippen molar-refractivity contribution in [2.75, 3.05) is 39.4 Å². The summed E-state index contributed by atoms with van der Waals surface area (Å²) in [7, 11) is 0. The average Bonchev–Trinajstić information content (AvgIpc) is 3.34. The van der Waals surface area contributed by atoms with Crippen LogP contribution in [0, 0.1) is 0 Å². The van der Waals surface area contributed by atoms with E-state index >= 15 is 0 Å². The zero-order valence-corrected chi connectivity index (χ0v) is 18.5. The van der Waals surface area contributed by atoms with Crippen molar-refractivity contribution in [3.05, 3.63) is 48.0 Å². The molecule has 0 amide bonds. The number of guanidine groups is 1. The van der Waals surface area contributed by atoms with Gasteiger partial charge in [0.1, 0.15) is 0 Å². The molecule has 0 spiro atoms. The molecule has 2 aromatic rings. The number of likely N-dealkylation sites (tertiary alicyclic amines) is 1. The largest absolute Gasteiger partial charge is 0.381 e. The Bertz CT molecular complexity index is 853. The number of aliphatic imine (C=N–C) groups is 1. The van der Waals surface area contributed by atoms with Gasteiger partial charge in [-0.1, -0.05) is 36.4 Å². The summed E-state index contributed by atoms with van der Waals surface area (Å²) in [5.74, 6) is 0.906. The number of nitrogens with zero attached hydrogens (tertiary/aromatic N) is 2. The third-order valence-electron chi connectivity index (χ3n) is 6.70. The van der Waals surface area contributed by atoms with Crippen molar-refractivity contribution in [2.24, 2.45) is 4.99 Å². The van der Waals surface area contributed by atoms with Crippen LogP contribution in [0.25, 0.3) is 10.8 Å². The maximum absolute atomic E-state index is 5.69. The van der Waals surface area contributed by atoms with Gasteiger partial charge in [0, 0.05) is 25.3 Å². The van der Waals surface area contributed by atoms with Crippen LogP contribution in [-0.4, -0.2) is 55.8 Å². The fraction of sp³-hybridized carbons (Fsp3) is 0.560. The van der Waals surface area contributed by atoms with E-state index in [0.29, 0.717) is 0 Å². The summed E-state index contributed by atoms with van der Waals surface area (Å²) in [5, 5.41) is 9.65. The van der Waals surface area contributed by atoms with Crippen LogP contribution in [0.1, 0.15) is 51.1 Å². The van der Waals surface area contributed by atoms with Crippen LogP contribution in [0.5, 0.6) is 0 Å². The number of rotatable bonds is 6. The molecule has 30 heavy (non-hydrogen) atoms. The predicted molar refractivity (Wildman–Crippen MR) is 125 cm³/mol. The molecule has 0 radical (unpaired) electrons. The lowest BCUT2D eigenvalue weighted by molar-refractivity contribution is -0.0139. The van der Waals surface area contributed by atoms with Crippen molar-refractivity contribution < 1.29 is 4.74 Å². The first-order valence-corrected chi connectivity index (χ1v) is 11.6. The van der Waals surface area contributed by atoms with Gasteiger partial charge in [0.15, 0.2) is 5.96 Å². The molecule has 4 rings (SSSR count). The molecule has 1 unspecified atom stereocenters. The van der Waals surface area contributed by atoms with E-state index < -0.39 is 0 Å². The van der Waals surface area contributed by atoms with Crippen molar-refractivity contribution in [1.29, 1.82) is 0 Å². The second-order valence-corrected chi connectivity index (χ2v) is 8.70. The molecule has 2 N–H and O–H groups in total. The first kappa shape index (κ1) is 21.1. The minimum atomic E-state index is 0.156. The van der Waals surface area contributed by atoms with Crippen LogP contribution in [0.2, 0.25) is 0 Å². The molecular weight excluding hydrogens is 372 g/mol. The third kappa shape index (κ3) is 4.79. The maximum Gasteiger partial charge on any atom is 0.191 e. The summed E-state index contributed by atoms with van der Waals surface area (Å²) in [5.41, 5.74) is 1.43. The Kier molecular flexibility index (Phi) is 6.90. The SMILES string of the molecule is CCNC(=NCC1(N2CCCC2)CCOCC1)NC(C)c1ccc2ccccc2c1. The normalized spacial score (nSPS) is 20.9. The molecule has 2 aliphatic rings. The van der Waals surface area contributed by atoms with Gasteiger partial charge in [0.25, 0.3) is 0 Å². The summed E-state index contributed by atoms with van der Waals surface area (Å²) < 4.78 is 5.69. The van der Waals surface area contributed by atoms with Crippen LogP contribution >= 0.6 is 0 Å². The van der Waals surface area contributed by atoms with E-state index in [1.807, 2.05) is 0 Å². The van der Waals surface area contributed by atoms with Gasteiger partial charge in [0.2, 0.25) is 0 Å². The molecule has 0 saturated carbocycles. The van der Waals surface area contributed by atoms with E-state index in [9.17, 15) is 0 Å². The molecule has 2 heterocycles. The smallest absolute Gasteiger partial charge is 0.191 e. The molecule has 0 bridgehead atoms. The number of hydrogen-bond acceptors (Lipinski definition) is 3. The molecule has 2 aromatic carbocycles. The van der Waals surface area contributed by atoms with Crippen LogP contribution in [0.3, 0.4) is 0 Å². The fourth-order valence-corrected chi connectivity index (χ4v) is 4.83. The molecule has 2 fully saturated rings. The third-order valence-corrected chi connectivity index (χ3v) is 6.70. The zero-order chi connectivity index (χ0) is 20.8. The minimum absolute atomic E-state index is 0.156. The van der Waals surface area contributed by atoms with Crippen LogP contribution < -0.4 is 10.6 Å². The summed E-state index contributed by atoms with van der Waals surface area (Å²) in [6.45, 7) is 10.1. The van der Waals surface area contributed by atoms with E-state index in [0.717, 1.165) is 45.1 Å². The quantitative estimate of drug-likeness (QED) is 0.558. The second kappa shape index (κ2) is 9.80. The highest BCUT2D eigenvalue weighted by atomic mass is 16.5. The second-order valence-electron chi connectivity index (χ2n) is 8.70. The Morgan fingerprint density at radius 3 is 2.57 bits per heavy atom. The van der Waals surface area contributed by atoms with Crippen LogP contribution in [0.15, 0.2) is 47.5 Å². The average molecular weight is 409 g/mol. The molecule has 162 valence electrons. The Morgan fingerprint density at radius 2 is 1.83 bits per heavy atom. The molecule has 2 aliphatic heterocycles. The topological polar surface area (TPSA) is 48.9 Å². The van der Waals surface area contributed by atoms with E-state index in [4.69, 9.17) is 9.73 Å². The highest BCUT2D eigenvalue weighted by Crippen LogP contribution is 2.31. The summed E-state index contributed by atoms with van der Waals surface area (Å²) in [6, 6.07) is 15.4. The van der Waals surface area contributed by atoms with Gasteiger partial charge in [-0.2, -0.15) is 0 Å². The van der Waals surface area contributed by atoms with Crippen molar-refractivity contribution in [3.8, 4) is 0 Å². The molecule has 1 atom stereocenters. The van der Waals surface area contributed by atoms with Crippen LogP contribution in [0.4, 0.5) is 0 Å². The van der Waals surface area contributed by atoms with Crippen LogP contribution in [-0.2, 0) is 4.74 Å². The molecular formula is C25H36N4O. The Balaban J connectivity index is 1.49. The fourth-order valence-electron chi connectivity index (χ4n) is 4.83. The Morgan fingerprint density at radius 1 is 1.10 bits per heavy atom. The first-order chi connectivity index (χ1) is 14.7. The summed E-state index contributed by atoms with van der Waals surface area (Å²) >= 11 is 0. The molecule has 2 saturated heterocycles. The lowest BCUT2D eigenvalue weighted by atomic mass is 9.88. The first-order valence-electron chi connectivity index (χ1n) is 11.6. The van der Waals surface area contributed by atoms with Gasteiger partial charge in [-0.05, 0) is 75.0 Å². The lowest BCUT2D eigenvalue weighted by Crippen LogP contribution is -2.54. The number of fused-ring (bicyclic) bond motifs is 1. The van der Waals surface area contributed by atoms with Gasteiger partial charge in [-0.15, -0.1) is 0 Å². The van der Waals surface area contributed by atoms with Gasteiger partial charge in [0.05, 0.1) is 12.6 Å². The van der Waals surface area contributed by atoms with E-state index in [1.54, 1.807) is 0 Å². The molecule has 5 nitrogen and oxygen atoms in total. The maximum atomic E-state index is 5.69. The minimum Gasteiger partial charge on any atom is -0.381 e. The Hall–Kier alpha value is -2.11. The van der Waals surface area contributed by atoms with E-state index in [1.165, 1.54) is 42.3 Å². The summed E-state index contributed by atoms with van der Waals surface area (Å²) in [6.07, 6.45) is 4.78. The lowest BCUT2D eigenvalue weighted by Gasteiger charge is -2.43. The number of ether oxygens (including phenoxy) is 1. The van der Waals surface area contributed by atoms with Gasteiger partial charge in [-0.25, -0.2) is 0 Å². The molecule has 5 heteroatoms. The van der Waals surface area contributed by atoms with Crippen molar-refractivity contribution in [3.63, 3.8) is 0 Å². The van der Waals surface area contributed by atoms with Gasteiger partial charge < -0.3 is 15.4 Å². The Labute approximate surface area is 180 Å². The molecule has 0 aromatic heterocycles. The van der Waals surface area contributed by atoms with E-state index in [-0.39, 0.29) is 11.6 Å². The molecule has 0 aliphatic carbocycles. The van der Waals surface area contributed by atoms with Crippen molar-refractivity contribution >= 4 is 16.7 Å². The highest BCUT2D eigenvalue weighted by Gasteiger charge is 2.39. The number of hydrogen-bond donors (Lipinski definition) is 2. The monoisotopic (exact) mass is 408 g/mol. The number of nitrogens with one attached hydrogen (secondary N) is 2. The summed E-state index contributed by atoms with van der Waals surface area (Å²) in [4.78, 5) is 7.75.